The Hall–Kier alpha value is -0.520. The van der Waals surface area contributed by atoms with Gasteiger partial charge in [0.1, 0.15) is 0 Å². The molecule has 78 valence electrons. The molecule has 0 atom stereocenters. The first-order valence-corrected chi connectivity index (χ1v) is 5.61. The maximum Gasteiger partial charge on any atom is 0.0880 e. The third-order valence-electron chi connectivity index (χ3n) is 2.70. The van der Waals surface area contributed by atoms with Crippen LogP contribution in [-0.2, 0) is 11.3 Å². The molecule has 1 saturated heterocycles. The van der Waals surface area contributed by atoms with Crippen molar-refractivity contribution in [1.82, 2.24) is 14.1 Å². The molecule has 1 aromatic heterocycles. The van der Waals surface area contributed by atoms with Gasteiger partial charge in [0, 0.05) is 25.3 Å². The SMILES string of the molecule is CC1(NCc2cnsn2)CCOCC1. The number of nitrogens with one attached hydrogen (secondary N) is 1. The van der Waals surface area contributed by atoms with Crippen LogP contribution in [0.5, 0.6) is 0 Å². The van der Waals surface area contributed by atoms with Crippen LogP contribution in [0.3, 0.4) is 0 Å². The van der Waals surface area contributed by atoms with Crippen LogP contribution in [0, 0.1) is 0 Å². The first-order valence-electron chi connectivity index (χ1n) is 4.88. The molecule has 0 aliphatic carbocycles. The van der Waals surface area contributed by atoms with Gasteiger partial charge in [0.25, 0.3) is 0 Å². The van der Waals surface area contributed by atoms with Gasteiger partial charge in [0.15, 0.2) is 0 Å². The van der Waals surface area contributed by atoms with Crippen LogP contribution < -0.4 is 5.32 Å². The molecule has 1 aliphatic heterocycles. The van der Waals surface area contributed by atoms with E-state index in [0.717, 1.165) is 38.3 Å². The van der Waals surface area contributed by atoms with E-state index in [1.54, 1.807) is 0 Å². The lowest BCUT2D eigenvalue weighted by atomic mass is 9.92. The summed E-state index contributed by atoms with van der Waals surface area (Å²) in [7, 11) is 0. The Morgan fingerprint density at radius 1 is 1.57 bits per heavy atom. The average Bonchev–Trinajstić information content (AvgIpc) is 2.69. The van der Waals surface area contributed by atoms with Crippen LogP contribution in [0.1, 0.15) is 25.5 Å². The molecule has 0 spiro atoms. The highest BCUT2D eigenvalue weighted by molar-refractivity contribution is 6.99. The summed E-state index contributed by atoms with van der Waals surface area (Å²) in [5.74, 6) is 0. The van der Waals surface area contributed by atoms with Gasteiger partial charge in [-0.05, 0) is 19.8 Å². The van der Waals surface area contributed by atoms with Crippen molar-refractivity contribution in [3.63, 3.8) is 0 Å². The second-order valence-corrected chi connectivity index (χ2v) is 4.48. The van der Waals surface area contributed by atoms with Crippen molar-refractivity contribution in [2.75, 3.05) is 13.2 Å². The number of aromatic nitrogens is 2. The standard InChI is InChI=1S/C9H15N3OS/c1-9(2-4-13-5-3-9)10-6-8-7-11-14-12-8/h7,10H,2-6H2,1H3. The van der Waals surface area contributed by atoms with Crippen molar-refractivity contribution in [2.45, 2.75) is 31.8 Å². The van der Waals surface area contributed by atoms with E-state index in [9.17, 15) is 0 Å². The number of hydrogen-bond donors (Lipinski definition) is 1. The summed E-state index contributed by atoms with van der Waals surface area (Å²) in [5, 5.41) is 3.52. The molecule has 4 nitrogen and oxygen atoms in total. The van der Waals surface area contributed by atoms with Crippen LogP contribution in [-0.4, -0.2) is 27.5 Å². The van der Waals surface area contributed by atoms with Gasteiger partial charge in [-0.25, -0.2) is 0 Å². The molecule has 14 heavy (non-hydrogen) atoms. The van der Waals surface area contributed by atoms with Crippen molar-refractivity contribution in [3.05, 3.63) is 11.9 Å². The second-order valence-electron chi connectivity index (χ2n) is 3.93. The van der Waals surface area contributed by atoms with Gasteiger partial charge in [0.2, 0.25) is 0 Å². The van der Waals surface area contributed by atoms with E-state index in [0.29, 0.717) is 0 Å². The predicted molar refractivity (Wildman–Crippen MR) is 55.2 cm³/mol. The summed E-state index contributed by atoms with van der Waals surface area (Å²) in [6.07, 6.45) is 3.97. The highest BCUT2D eigenvalue weighted by atomic mass is 32.1. The van der Waals surface area contributed by atoms with E-state index in [1.165, 1.54) is 11.7 Å². The molecule has 1 aromatic rings. The number of hydrogen-bond acceptors (Lipinski definition) is 5. The van der Waals surface area contributed by atoms with Crippen molar-refractivity contribution >= 4 is 11.7 Å². The first kappa shape index (κ1) is 10.0. The van der Waals surface area contributed by atoms with Crippen molar-refractivity contribution < 1.29 is 4.74 Å². The lowest BCUT2D eigenvalue weighted by Gasteiger charge is -2.34. The van der Waals surface area contributed by atoms with E-state index in [4.69, 9.17) is 4.74 Å². The lowest BCUT2D eigenvalue weighted by Crippen LogP contribution is -2.46. The molecule has 2 rings (SSSR count). The summed E-state index contributed by atoms with van der Waals surface area (Å²) < 4.78 is 13.5. The topological polar surface area (TPSA) is 47.0 Å². The third kappa shape index (κ3) is 2.50. The number of ether oxygens (including phenoxy) is 1. The molecule has 1 aliphatic rings. The number of rotatable bonds is 3. The molecule has 1 N–H and O–H groups in total. The molecule has 0 aromatic carbocycles. The Labute approximate surface area is 88.0 Å². The zero-order valence-corrected chi connectivity index (χ0v) is 9.14. The quantitative estimate of drug-likeness (QED) is 0.819. The molecular weight excluding hydrogens is 198 g/mol. The molecular formula is C9H15N3OS. The van der Waals surface area contributed by atoms with Gasteiger partial charge < -0.3 is 10.1 Å². The first-order chi connectivity index (χ1) is 6.79. The molecule has 0 unspecified atom stereocenters. The van der Waals surface area contributed by atoms with E-state index in [1.807, 2.05) is 6.20 Å². The minimum atomic E-state index is 0.210. The molecule has 0 radical (unpaired) electrons. The minimum absolute atomic E-state index is 0.210. The molecule has 0 bridgehead atoms. The van der Waals surface area contributed by atoms with Crippen LogP contribution in [0.15, 0.2) is 6.20 Å². The Balaban J connectivity index is 1.84. The van der Waals surface area contributed by atoms with E-state index >= 15 is 0 Å². The van der Waals surface area contributed by atoms with E-state index < -0.39 is 0 Å². The Kier molecular flexibility index (Phi) is 3.10. The zero-order chi connectivity index (χ0) is 9.86. The van der Waals surface area contributed by atoms with Crippen LogP contribution >= 0.6 is 11.7 Å². The van der Waals surface area contributed by atoms with Gasteiger partial charge in [-0.1, -0.05) is 0 Å². The normalized spacial score (nSPS) is 20.9. The smallest absolute Gasteiger partial charge is 0.0880 e. The van der Waals surface area contributed by atoms with Gasteiger partial charge >= 0.3 is 0 Å². The van der Waals surface area contributed by atoms with Crippen LogP contribution in [0.2, 0.25) is 0 Å². The zero-order valence-electron chi connectivity index (χ0n) is 8.32. The molecule has 0 amide bonds. The second kappa shape index (κ2) is 4.33. The van der Waals surface area contributed by atoms with Gasteiger partial charge in [-0.3, -0.25) is 0 Å². The molecule has 2 heterocycles. The molecule has 1 fully saturated rings. The Morgan fingerprint density at radius 3 is 3.00 bits per heavy atom. The lowest BCUT2D eigenvalue weighted by molar-refractivity contribution is 0.0445. The van der Waals surface area contributed by atoms with E-state index in [-0.39, 0.29) is 5.54 Å². The monoisotopic (exact) mass is 213 g/mol. The maximum atomic E-state index is 5.34. The summed E-state index contributed by atoms with van der Waals surface area (Å²) in [4.78, 5) is 0. The Morgan fingerprint density at radius 2 is 2.36 bits per heavy atom. The maximum absolute atomic E-state index is 5.34. The fraction of sp³-hybridized carbons (Fsp3) is 0.778. The third-order valence-corrected chi connectivity index (χ3v) is 3.22. The van der Waals surface area contributed by atoms with Crippen molar-refractivity contribution in [3.8, 4) is 0 Å². The largest absolute Gasteiger partial charge is 0.381 e. The summed E-state index contributed by atoms with van der Waals surface area (Å²) in [6, 6.07) is 0. The van der Waals surface area contributed by atoms with Gasteiger partial charge in [-0.15, -0.1) is 0 Å². The molecule has 5 heteroatoms. The van der Waals surface area contributed by atoms with Crippen molar-refractivity contribution in [1.29, 1.82) is 0 Å². The van der Waals surface area contributed by atoms with E-state index in [2.05, 4.69) is 21.0 Å². The average molecular weight is 213 g/mol. The van der Waals surface area contributed by atoms with Gasteiger partial charge in [-0.2, -0.15) is 8.75 Å². The van der Waals surface area contributed by atoms with Crippen molar-refractivity contribution in [2.24, 2.45) is 0 Å². The summed E-state index contributed by atoms with van der Waals surface area (Å²) in [5.41, 5.74) is 1.24. The number of nitrogens with zero attached hydrogens (tertiary/aromatic N) is 2. The Bertz CT molecular complexity index is 270. The summed E-state index contributed by atoms with van der Waals surface area (Å²) >= 11 is 1.26. The van der Waals surface area contributed by atoms with Crippen LogP contribution in [0.4, 0.5) is 0 Å². The summed E-state index contributed by atoms with van der Waals surface area (Å²) in [6.45, 7) is 4.78. The highest BCUT2D eigenvalue weighted by Gasteiger charge is 2.26. The fourth-order valence-electron chi connectivity index (χ4n) is 1.56. The fourth-order valence-corrected chi connectivity index (χ4v) is 2.00. The minimum Gasteiger partial charge on any atom is -0.381 e. The highest BCUT2D eigenvalue weighted by Crippen LogP contribution is 2.19. The van der Waals surface area contributed by atoms with Gasteiger partial charge in [0.05, 0.1) is 23.6 Å². The predicted octanol–water partition coefficient (Wildman–Crippen LogP) is 1.20. The molecule has 0 saturated carbocycles. The van der Waals surface area contributed by atoms with Crippen LogP contribution in [0.25, 0.3) is 0 Å².